The lowest BCUT2D eigenvalue weighted by molar-refractivity contribution is 0.100. The van der Waals surface area contributed by atoms with Gasteiger partial charge in [-0.2, -0.15) is 0 Å². The molecule has 0 aliphatic carbocycles. The Kier molecular flexibility index (Phi) is 3.42. The Morgan fingerprint density at radius 2 is 2.19 bits per heavy atom. The van der Waals surface area contributed by atoms with Crippen LogP contribution in [0.15, 0.2) is 18.2 Å². The van der Waals surface area contributed by atoms with Gasteiger partial charge in [0.15, 0.2) is 0 Å². The van der Waals surface area contributed by atoms with E-state index in [0.717, 1.165) is 25.2 Å². The lowest BCUT2D eigenvalue weighted by Gasteiger charge is -2.36. The molecule has 1 atom stereocenters. The first-order valence-corrected chi connectivity index (χ1v) is 6.99. The maximum Gasteiger partial charge on any atom is 0.317 e. The van der Waals surface area contributed by atoms with Gasteiger partial charge in [0.1, 0.15) is 0 Å². The van der Waals surface area contributed by atoms with E-state index < -0.39 is 5.91 Å². The van der Waals surface area contributed by atoms with Crippen LogP contribution in [-0.2, 0) is 6.54 Å². The second-order valence-corrected chi connectivity index (χ2v) is 5.55. The third-order valence-corrected chi connectivity index (χ3v) is 4.14. The van der Waals surface area contributed by atoms with Crippen molar-refractivity contribution in [3.63, 3.8) is 0 Å². The van der Waals surface area contributed by atoms with Crippen molar-refractivity contribution >= 4 is 17.6 Å². The normalized spacial score (nSPS) is 22.0. The molecule has 0 bridgehead atoms. The van der Waals surface area contributed by atoms with Gasteiger partial charge in [-0.15, -0.1) is 0 Å². The molecule has 112 valence electrons. The number of piperazine rings is 1. The lowest BCUT2D eigenvalue weighted by atomic mass is 10.1. The number of nitrogens with zero attached hydrogens (tertiary/aromatic N) is 2. The zero-order valence-electron chi connectivity index (χ0n) is 11.7. The van der Waals surface area contributed by atoms with Crippen molar-refractivity contribution in [2.75, 3.05) is 31.9 Å². The standard InChI is InChI=1S/C14H19N5O2/c15-12-5-9(13(16)20)1-2-10(12)7-18-3-4-19-11(8-18)6-17-14(19)21/h1-2,5,11H,3-4,6-8,15H2,(H2,16,20)(H,17,21). The Morgan fingerprint density at radius 3 is 2.90 bits per heavy atom. The van der Waals surface area contributed by atoms with E-state index in [0.29, 0.717) is 24.3 Å². The van der Waals surface area contributed by atoms with Crippen molar-refractivity contribution in [2.45, 2.75) is 12.6 Å². The minimum absolute atomic E-state index is 0.0324. The number of nitrogens with one attached hydrogen (secondary N) is 1. The van der Waals surface area contributed by atoms with Crippen LogP contribution in [0.25, 0.3) is 0 Å². The van der Waals surface area contributed by atoms with Gasteiger partial charge in [0, 0.05) is 44.0 Å². The molecule has 1 unspecified atom stereocenters. The monoisotopic (exact) mass is 289 g/mol. The quantitative estimate of drug-likeness (QED) is 0.657. The van der Waals surface area contributed by atoms with Gasteiger partial charge >= 0.3 is 6.03 Å². The number of anilines is 1. The van der Waals surface area contributed by atoms with Gasteiger partial charge in [-0.25, -0.2) is 4.79 Å². The molecule has 21 heavy (non-hydrogen) atoms. The number of hydrogen-bond donors (Lipinski definition) is 3. The maximum atomic E-state index is 11.6. The van der Waals surface area contributed by atoms with Crippen LogP contribution in [0.4, 0.5) is 10.5 Å². The molecule has 3 amide bonds. The number of primary amides is 1. The zero-order valence-corrected chi connectivity index (χ0v) is 11.7. The summed E-state index contributed by atoms with van der Waals surface area (Å²) in [5, 5.41) is 2.86. The number of urea groups is 1. The third kappa shape index (κ3) is 2.64. The van der Waals surface area contributed by atoms with Crippen LogP contribution in [0.5, 0.6) is 0 Å². The first-order valence-electron chi connectivity index (χ1n) is 6.99. The fraction of sp³-hybridized carbons (Fsp3) is 0.429. The van der Waals surface area contributed by atoms with Gasteiger partial charge < -0.3 is 21.7 Å². The Labute approximate surface area is 122 Å². The van der Waals surface area contributed by atoms with Crippen molar-refractivity contribution in [1.29, 1.82) is 0 Å². The topological polar surface area (TPSA) is 105 Å². The van der Waals surface area contributed by atoms with Crippen molar-refractivity contribution in [1.82, 2.24) is 15.1 Å². The summed E-state index contributed by atoms with van der Waals surface area (Å²) in [4.78, 5) is 26.8. The van der Waals surface area contributed by atoms with Crippen molar-refractivity contribution in [2.24, 2.45) is 5.73 Å². The molecule has 3 rings (SSSR count). The Balaban J connectivity index is 1.67. The van der Waals surface area contributed by atoms with Crippen molar-refractivity contribution < 1.29 is 9.59 Å². The van der Waals surface area contributed by atoms with Crippen LogP contribution in [0, 0.1) is 0 Å². The SMILES string of the molecule is NC(=O)c1ccc(CN2CCN3C(=O)NCC3C2)c(N)c1. The number of hydrogen-bond acceptors (Lipinski definition) is 4. The van der Waals surface area contributed by atoms with Crippen LogP contribution in [0.3, 0.4) is 0 Å². The molecule has 0 aromatic heterocycles. The van der Waals surface area contributed by atoms with Crippen LogP contribution in [0.1, 0.15) is 15.9 Å². The minimum Gasteiger partial charge on any atom is -0.398 e. The Morgan fingerprint density at radius 1 is 1.38 bits per heavy atom. The summed E-state index contributed by atoms with van der Waals surface area (Å²) in [6.45, 7) is 3.79. The molecule has 2 aliphatic rings. The molecule has 0 radical (unpaired) electrons. The van der Waals surface area contributed by atoms with E-state index in [1.54, 1.807) is 12.1 Å². The molecule has 5 N–H and O–H groups in total. The fourth-order valence-electron chi connectivity index (χ4n) is 2.95. The maximum absolute atomic E-state index is 11.6. The van der Waals surface area contributed by atoms with Crippen LogP contribution >= 0.6 is 0 Å². The summed E-state index contributed by atoms with van der Waals surface area (Å²) < 4.78 is 0. The molecule has 2 heterocycles. The molecule has 2 fully saturated rings. The van der Waals surface area contributed by atoms with Crippen molar-refractivity contribution in [3.8, 4) is 0 Å². The zero-order chi connectivity index (χ0) is 15.0. The summed E-state index contributed by atoms with van der Waals surface area (Å²) in [5.41, 5.74) is 13.2. The van der Waals surface area contributed by atoms with Crippen LogP contribution in [0.2, 0.25) is 0 Å². The van der Waals surface area contributed by atoms with E-state index in [4.69, 9.17) is 11.5 Å². The summed E-state index contributed by atoms with van der Waals surface area (Å²) in [6, 6.07) is 5.43. The van der Waals surface area contributed by atoms with Gasteiger partial charge in [0.05, 0.1) is 6.04 Å². The van der Waals surface area contributed by atoms with Gasteiger partial charge in [-0.1, -0.05) is 6.07 Å². The Hall–Kier alpha value is -2.28. The number of benzene rings is 1. The van der Waals surface area contributed by atoms with Gasteiger partial charge in [-0.05, 0) is 17.7 Å². The number of nitrogens with two attached hydrogens (primary N) is 2. The van der Waals surface area contributed by atoms with E-state index in [1.165, 1.54) is 0 Å². The molecule has 1 aromatic rings. The highest BCUT2D eigenvalue weighted by Gasteiger charge is 2.35. The highest BCUT2D eigenvalue weighted by Crippen LogP contribution is 2.20. The molecular weight excluding hydrogens is 270 g/mol. The summed E-state index contributed by atoms with van der Waals surface area (Å²) >= 11 is 0. The van der Waals surface area contributed by atoms with Crippen LogP contribution in [-0.4, -0.2) is 54.0 Å². The molecule has 7 nitrogen and oxygen atoms in total. The van der Waals surface area contributed by atoms with Gasteiger partial charge in [-0.3, -0.25) is 9.69 Å². The third-order valence-electron chi connectivity index (χ3n) is 4.14. The average Bonchev–Trinajstić information content (AvgIpc) is 2.82. The first-order chi connectivity index (χ1) is 10.0. The minimum atomic E-state index is -0.475. The van der Waals surface area contributed by atoms with E-state index in [2.05, 4.69) is 10.2 Å². The number of carbonyl (C=O) groups is 2. The summed E-state index contributed by atoms with van der Waals surface area (Å²) in [7, 11) is 0. The summed E-state index contributed by atoms with van der Waals surface area (Å²) in [6.07, 6.45) is 0. The highest BCUT2D eigenvalue weighted by atomic mass is 16.2. The molecule has 2 aliphatic heterocycles. The fourth-order valence-corrected chi connectivity index (χ4v) is 2.95. The molecule has 1 aromatic carbocycles. The average molecular weight is 289 g/mol. The number of amides is 3. The second kappa shape index (κ2) is 5.25. The number of fused-ring (bicyclic) bond motifs is 1. The van der Waals surface area contributed by atoms with Gasteiger partial charge in [0.2, 0.25) is 5.91 Å². The molecule has 2 saturated heterocycles. The van der Waals surface area contributed by atoms with E-state index in [1.807, 2.05) is 11.0 Å². The van der Waals surface area contributed by atoms with E-state index in [-0.39, 0.29) is 12.1 Å². The molecule has 0 spiro atoms. The van der Waals surface area contributed by atoms with E-state index in [9.17, 15) is 9.59 Å². The highest BCUT2D eigenvalue weighted by molar-refractivity contribution is 5.93. The molecule has 0 saturated carbocycles. The van der Waals surface area contributed by atoms with Crippen molar-refractivity contribution in [3.05, 3.63) is 29.3 Å². The first kappa shape index (κ1) is 13.7. The Bertz CT molecular complexity index is 589. The molecule has 7 heteroatoms. The smallest absolute Gasteiger partial charge is 0.317 e. The van der Waals surface area contributed by atoms with Crippen LogP contribution < -0.4 is 16.8 Å². The largest absolute Gasteiger partial charge is 0.398 e. The predicted octanol–water partition coefficient (Wildman–Crippen LogP) is -0.423. The van der Waals surface area contributed by atoms with E-state index >= 15 is 0 Å². The van der Waals surface area contributed by atoms with Gasteiger partial charge in [0.25, 0.3) is 0 Å². The predicted molar refractivity (Wildman–Crippen MR) is 78.5 cm³/mol. The summed E-state index contributed by atoms with van der Waals surface area (Å²) in [5.74, 6) is -0.475. The lowest BCUT2D eigenvalue weighted by Crippen LogP contribution is -2.51. The number of nitrogen functional groups attached to an aromatic ring is 1. The second-order valence-electron chi connectivity index (χ2n) is 5.55. The number of rotatable bonds is 3. The number of carbonyl (C=O) groups excluding carboxylic acids is 2. The molecular formula is C14H19N5O2.